The summed E-state index contributed by atoms with van der Waals surface area (Å²) in [4.78, 5) is 39.5. The summed E-state index contributed by atoms with van der Waals surface area (Å²) in [5.74, 6) is -0.325. The van der Waals surface area contributed by atoms with E-state index in [0.29, 0.717) is 50.6 Å². The van der Waals surface area contributed by atoms with Gasteiger partial charge in [0.2, 0.25) is 5.91 Å². The van der Waals surface area contributed by atoms with E-state index in [1.165, 1.54) is 6.07 Å². The van der Waals surface area contributed by atoms with Gasteiger partial charge < -0.3 is 19.9 Å². The lowest BCUT2D eigenvalue weighted by Crippen LogP contribution is -2.36. The average Bonchev–Trinajstić information content (AvgIpc) is 3.19. The molecule has 0 radical (unpaired) electrons. The summed E-state index contributed by atoms with van der Waals surface area (Å²) in [7, 11) is 0. The van der Waals surface area contributed by atoms with Crippen molar-refractivity contribution in [2.75, 3.05) is 48.0 Å². The molecule has 2 aromatic carbocycles. The van der Waals surface area contributed by atoms with Crippen molar-refractivity contribution in [2.45, 2.75) is 19.8 Å². The third-order valence-electron chi connectivity index (χ3n) is 5.60. The highest BCUT2D eigenvalue weighted by molar-refractivity contribution is 6.05. The predicted molar refractivity (Wildman–Crippen MR) is 117 cm³/mol. The van der Waals surface area contributed by atoms with Crippen LogP contribution in [0.3, 0.4) is 0 Å². The topological polar surface area (TPSA) is 105 Å². The van der Waals surface area contributed by atoms with Crippen molar-refractivity contribution in [3.8, 4) is 0 Å². The average molecular weight is 424 g/mol. The van der Waals surface area contributed by atoms with Crippen molar-refractivity contribution in [1.29, 1.82) is 0 Å². The molecule has 0 aliphatic carbocycles. The molecule has 9 heteroatoms. The largest absolute Gasteiger partial charge is 0.378 e. The summed E-state index contributed by atoms with van der Waals surface area (Å²) in [6.07, 6.45) is 1.40. The maximum absolute atomic E-state index is 12.7. The second-order valence-electron chi connectivity index (χ2n) is 7.66. The minimum Gasteiger partial charge on any atom is -0.378 e. The van der Waals surface area contributed by atoms with Gasteiger partial charge in [0.05, 0.1) is 18.1 Å². The third kappa shape index (κ3) is 4.36. The summed E-state index contributed by atoms with van der Waals surface area (Å²) >= 11 is 0. The van der Waals surface area contributed by atoms with E-state index in [4.69, 9.17) is 4.74 Å². The second kappa shape index (κ2) is 8.73. The number of carbonyl (C=O) groups is 2. The number of aryl methyl sites for hydroxylation is 1. The van der Waals surface area contributed by atoms with Gasteiger partial charge in [0, 0.05) is 49.1 Å². The van der Waals surface area contributed by atoms with Crippen LogP contribution in [0.2, 0.25) is 0 Å². The summed E-state index contributed by atoms with van der Waals surface area (Å²) in [6, 6.07) is 9.88. The maximum atomic E-state index is 12.7. The molecule has 9 nitrogen and oxygen atoms in total. The number of rotatable bonds is 5. The highest BCUT2D eigenvalue weighted by Crippen LogP contribution is 2.31. The number of nitro benzene ring substituents is 1. The van der Waals surface area contributed by atoms with Crippen LogP contribution in [0.15, 0.2) is 36.4 Å². The lowest BCUT2D eigenvalue weighted by atomic mass is 10.1. The molecule has 2 aromatic rings. The molecule has 2 aliphatic heterocycles. The van der Waals surface area contributed by atoms with Gasteiger partial charge in [-0.2, -0.15) is 0 Å². The molecule has 0 saturated carbocycles. The number of nitrogens with one attached hydrogen (secondary N) is 1. The molecule has 4 rings (SSSR count). The molecule has 2 saturated heterocycles. The Morgan fingerprint density at radius 3 is 2.48 bits per heavy atom. The zero-order chi connectivity index (χ0) is 22.0. The number of amides is 2. The third-order valence-corrected chi connectivity index (χ3v) is 5.60. The molecule has 31 heavy (non-hydrogen) atoms. The lowest BCUT2D eigenvalue weighted by molar-refractivity contribution is -0.384. The van der Waals surface area contributed by atoms with Gasteiger partial charge >= 0.3 is 0 Å². The number of benzene rings is 2. The summed E-state index contributed by atoms with van der Waals surface area (Å²) < 4.78 is 5.31. The number of hydrogen-bond donors (Lipinski definition) is 1. The first-order valence-corrected chi connectivity index (χ1v) is 10.3. The molecule has 2 aliphatic rings. The molecular formula is C22H24N4O5. The van der Waals surface area contributed by atoms with Gasteiger partial charge in [-0.05, 0) is 49.2 Å². The molecule has 2 amide bonds. The van der Waals surface area contributed by atoms with E-state index in [2.05, 4.69) is 5.32 Å². The zero-order valence-electron chi connectivity index (χ0n) is 17.3. The lowest BCUT2D eigenvalue weighted by Gasteiger charge is -2.28. The second-order valence-corrected chi connectivity index (χ2v) is 7.66. The molecule has 2 heterocycles. The Bertz CT molecular complexity index is 1030. The maximum Gasteiger partial charge on any atom is 0.293 e. The van der Waals surface area contributed by atoms with Crippen molar-refractivity contribution < 1.29 is 19.2 Å². The van der Waals surface area contributed by atoms with Gasteiger partial charge in [0.1, 0.15) is 5.69 Å². The Labute approximate surface area is 179 Å². The van der Waals surface area contributed by atoms with Crippen molar-refractivity contribution in [3.63, 3.8) is 0 Å². The van der Waals surface area contributed by atoms with Crippen LogP contribution in [0.5, 0.6) is 0 Å². The Morgan fingerprint density at radius 2 is 1.84 bits per heavy atom. The number of morpholine rings is 1. The molecule has 0 bridgehead atoms. The van der Waals surface area contributed by atoms with Gasteiger partial charge in [-0.15, -0.1) is 0 Å². The SMILES string of the molecule is Cc1cc(NC(=O)c2ccc(N3CCOCC3)c([N+](=O)[O-])c2)ccc1N1CCCC1=O. The Morgan fingerprint density at radius 1 is 1.10 bits per heavy atom. The monoisotopic (exact) mass is 424 g/mol. The van der Waals surface area contributed by atoms with Gasteiger partial charge in [-0.3, -0.25) is 19.7 Å². The van der Waals surface area contributed by atoms with Crippen LogP contribution in [0.4, 0.5) is 22.7 Å². The number of nitrogens with zero attached hydrogens (tertiary/aromatic N) is 3. The molecule has 162 valence electrons. The summed E-state index contributed by atoms with van der Waals surface area (Å²) in [5.41, 5.74) is 2.87. The van der Waals surface area contributed by atoms with Gasteiger partial charge in [-0.1, -0.05) is 0 Å². The first-order chi connectivity index (χ1) is 14.9. The van der Waals surface area contributed by atoms with E-state index in [9.17, 15) is 19.7 Å². The highest BCUT2D eigenvalue weighted by Gasteiger charge is 2.25. The fourth-order valence-electron chi connectivity index (χ4n) is 4.02. The molecule has 0 aromatic heterocycles. The Balaban J connectivity index is 1.53. The Hall–Kier alpha value is -3.46. The first kappa shape index (κ1) is 20.8. The molecule has 1 N–H and O–H groups in total. The van der Waals surface area contributed by atoms with E-state index < -0.39 is 10.8 Å². The van der Waals surface area contributed by atoms with E-state index in [-0.39, 0.29) is 17.2 Å². The van der Waals surface area contributed by atoms with E-state index in [1.807, 2.05) is 17.9 Å². The van der Waals surface area contributed by atoms with Crippen molar-refractivity contribution >= 4 is 34.6 Å². The highest BCUT2D eigenvalue weighted by atomic mass is 16.6. The van der Waals surface area contributed by atoms with Crippen LogP contribution >= 0.6 is 0 Å². The minimum atomic E-state index is -0.465. The van der Waals surface area contributed by atoms with Crippen LogP contribution in [0, 0.1) is 17.0 Å². The van der Waals surface area contributed by atoms with Gasteiger partial charge in [0.25, 0.3) is 11.6 Å². The number of nitro groups is 1. The van der Waals surface area contributed by atoms with Crippen LogP contribution < -0.4 is 15.1 Å². The van der Waals surface area contributed by atoms with Gasteiger partial charge in [0.15, 0.2) is 0 Å². The fourth-order valence-corrected chi connectivity index (χ4v) is 4.02. The van der Waals surface area contributed by atoms with Crippen LogP contribution in [-0.2, 0) is 9.53 Å². The van der Waals surface area contributed by atoms with Crippen molar-refractivity contribution in [3.05, 3.63) is 57.6 Å². The standard InChI is InChI=1S/C22H24N4O5/c1-15-13-17(5-7-18(15)25-8-2-3-21(25)27)23-22(28)16-4-6-19(20(14-16)26(29)30)24-9-11-31-12-10-24/h4-7,13-14H,2-3,8-12H2,1H3,(H,23,28). The number of anilines is 3. The fraction of sp³-hybridized carbons (Fsp3) is 0.364. The Kier molecular flexibility index (Phi) is 5.85. The summed E-state index contributed by atoms with van der Waals surface area (Å²) in [5, 5.41) is 14.4. The molecule has 0 unspecified atom stereocenters. The molecule has 2 fully saturated rings. The first-order valence-electron chi connectivity index (χ1n) is 10.3. The molecule has 0 spiro atoms. The van der Waals surface area contributed by atoms with E-state index in [0.717, 1.165) is 17.7 Å². The smallest absolute Gasteiger partial charge is 0.293 e. The number of hydrogen-bond acceptors (Lipinski definition) is 6. The van der Waals surface area contributed by atoms with E-state index in [1.54, 1.807) is 29.2 Å². The van der Waals surface area contributed by atoms with Crippen LogP contribution in [0.1, 0.15) is 28.8 Å². The van der Waals surface area contributed by atoms with Crippen molar-refractivity contribution in [1.82, 2.24) is 0 Å². The van der Waals surface area contributed by atoms with Crippen molar-refractivity contribution in [2.24, 2.45) is 0 Å². The van der Waals surface area contributed by atoms with Crippen LogP contribution in [-0.4, -0.2) is 49.6 Å². The normalized spacial score (nSPS) is 16.5. The number of carbonyl (C=O) groups excluding carboxylic acids is 2. The molecular weight excluding hydrogens is 400 g/mol. The quantitative estimate of drug-likeness (QED) is 0.584. The van der Waals surface area contributed by atoms with Gasteiger partial charge in [-0.25, -0.2) is 0 Å². The zero-order valence-corrected chi connectivity index (χ0v) is 17.3. The molecule has 0 atom stereocenters. The van der Waals surface area contributed by atoms with Crippen LogP contribution in [0.25, 0.3) is 0 Å². The number of ether oxygens (including phenoxy) is 1. The van der Waals surface area contributed by atoms with E-state index >= 15 is 0 Å². The predicted octanol–water partition coefficient (Wildman–Crippen LogP) is 3.12. The summed E-state index contributed by atoms with van der Waals surface area (Å²) in [6.45, 7) is 4.74. The minimum absolute atomic E-state index is 0.103.